The summed E-state index contributed by atoms with van der Waals surface area (Å²) in [5.74, 6) is -2.59. The minimum Gasteiger partial charge on any atom is -0.481 e. The second-order valence-electron chi connectivity index (χ2n) is 6.63. The highest BCUT2D eigenvalue weighted by atomic mass is 19.4. The average Bonchev–Trinajstić information content (AvgIpc) is 3.09. The summed E-state index contributed by atoms with van der Waals surface area (Å²) in [4.78, 5) is 25.7. The van der Waals surface area contributed by atoms with Crippen molar-refractivity contribution in [2.24, 2.45) is 5.92 Å². The maximum atomic E-state index is 12.6. The number of carboxylic acids is 1. The molecule has 1 fully saturated rings. The lowest BCUT2D eigenvalue weighted by atomic mass is 9.89. The van der Waals surface area contributed by atoms with E-state index >= 15 is 0 Å². The van der Waals surface area contributed by atoms with Gasteiger partial charge >= 0.3 is 12.3 Å². The van der Waals surface area contributed by atoms with Gasteiger partial charge < -0.3 is 14.7 Å². The second kappa shape index (κ2) is 7.92. The first-order valence-electron chi connectivity index (χ1n) is 8.63. The smallest absolute Gasteiger partial charge is 0.481 e. The Balaban J connectivity index is 1.67. The number of halogens is 3. The predicted molar refractivity (Wildman–Crippen MR) is 93.7 cm³/mol. The van der Waals surface area contributed by atoms with E-state index in [1.807, 2.05) is 30.3 Å². The van der Waals surface area contributed by atoms with E-state index in [2.05, 4.69) is 4.74 Å². The number of benzene rings is 2. The van der Waals surface area contributed by atoms with Gasteiger partial charge in [0.15, 0.2) is 0 Å². The van der Waals surface area contributed by atoms with Crippen LogP contribution in [0.1, 0.15) is 17.0 Å². The number of likely N-dealkylation sites (tertiary alicyclic amines) is 1. The number of ether oxygens (including phenoxy) is 1. The minimum atomic E-state index is -4.77. The Labute approximate surface area is 159 Å². The largest absolute Gasteiger partial charge is 0.573 e. The molecule has 5 nitrogen and oxygen atoms in total. The zero-order valence-corrected chi connectivity index (χ0v) is 14.7. The van der Waals surface area contributed by atoms with E-state index in [1.165, 1.54) is 17.0 Å². The van der Waals surface area contributed by atoms with Crippen molar-refractivity contribution < 1.29 is 32.6 Å². The Morgan fingerprint density at radius 2 is 1.68 bits per heavy atom. The van der Waals surface area contributed by atoms with Crippen molar-refractivity contribution in [2.75, 3.05) is 13.1 Å². The van der Waals surface area contributed by atoms with Gasteiger partial charge in [-0.2, -0.15) is 0 Å². The molecule has 148 valence electrons. The molecule has 2 aromatic carbocycles. The summed E-state index contributed by atoms with van der Waals surface area (Å²) in [7, 11) is 0. The van der Waals surface area contributed by atoms with Crippen molar-refractivity contribution in [1.82, 2.24) is 4.90 Å². The lowest BCUT2D eigenvalue weighted by molar-refractivity contribution is -0.274. The van der Waals surface area contributed by atoms with E-state index in [0.29, 0.717) is 5.56 Å². The fourth-order valence-corrected chi connectivity index (χ4v) is 3.39. The van der Waals surface area contributed by atoms with Gasteiger partial charge in [0.1, 0.15) is 5.75 Å². The summed E-state index contributed by atoms with van der Waals surface area (Å²) in [5, 5.41) is 9.51. The molecule has 8 heteroatoms. The van der Waals surface area contributed by atoms with Crippen LogP contribution in [0, 0.1) is 5.92 Å². The predicted octanol–water partition coefficient (Wildman–Crippen LogP) is 3.45. The molecule has 2 aromatic rings. The number of hydrogen-bond donors (Lipinski definition) is 1. The third kappa shape index (κ3) is 4.82. The van der Waals surface area contributed by atoms with Crippen LogP contribution < -0.4 is 4.74 Å². The monoisotopic (exact) mass is 393 g/mol. The molecule has 1 N–H and O–H groups in total. The van der Waals surface area contributed by atoms with Crippen molar-refractivity contribution in [3.63, 3.8) is 0 Å². The Kier molecular flexibility index (Phi) is 5.58. The van der Waals surface area contributed by atoms with Crippen LogP contribution in [0.4, 0.5) is 13.2 Å². The van der Waals surface area contributed by atoms with Crippen molar-refractivity contribution in [2.45, 2.75) is 18.7 Å². The number of nitrogens with zero attached hydrogens (tertiary/aromatic N) is 1. The van der Waals surface area contributed by atoms with Crippen LogP contribution in [-0.4, -0.2) is 41.3 Å². The highest BCUT2D eigenvalue weighted by molar-refractivity contribution is 5.81. The van der Waals surface area contributed by atoms with E-state index in [9.17, 15) is 27.9 Å². The summed E-state index contributed by atoms with van der Waals surface area (Å²) in [6.45, 7) is 0.387. The van der Waals surface area contributed by atoms with Crippen molar-refractivity contribution in [3.8, 4) is 5.75 Å². The number of amides is 1. The second-order valence-corrected chi connectivity index (χ2v) is 6.63. The van der Waals surface area contributed by atoms with Crippen LogP contribution in [0.15, 0.2) is 54.6 Å². The van der Waals surface area contributed by atoms with Crippen molar-refractivity contribution in [1.29, 1.82) is 0 Å². The molecule has 0 spiro atoms. The molecule has 0 unspecified atom stereocenters. The van der Waals surface area contributed by atoms with Gasteiger partial charge in [-0.05, 0) is 23.3 Å². The first kappa shape index (κ1) is 19.7. The SMILES string of the molecule is O=C(O)[C@@H]1CN(C(=O)Cc2ccc(OC(F)(F)F)cc2)C[C@@H]1c1ccccc1. The average molecular weight is 393 g/mol. The third-order valence-corrected chi connectivity index (χ3v) is 4.73. The van der Waals surface area contributed by atoms with E-state index in [0.717, 1.165) is 17.7 Å². The summed E-state index contributed by atoms with van der Waals surface area (Å²) in [6.07, 6.45) is -4.80. The Bertz CT molecular complexity index is 837. The molecule has 28 heavy (non-hydrogen) atoms. The van der Waals surface area contributed by atoms with Gasteiger partial charge in [0.2, 0.25) is 5.91 Å². The molecule has 0 aromatic heterocycles. The van der Waals surface area contributed by atoms with Gasteiger partial charge in [0.25, 0.3) is 0 Å². The van der Waals surface area contributed by atoms with E-state index in [1.54, 1.807) is 0 Å². The van der Waals surface area contributed by atoms with Crippen LogP contribution in [0.2, 0.25) is 0 Å². The third-order valence-electron chi connectivity index (χ3n) is 4.73. The summed E-state index contributed by atoms with van der Waals surface area (Å²) < 4.78 is 40.4. The minimum absolute atomic E-state index is 0.0276. The number of carbonyl (C=O) groups is 2. The number of alkyl halides is 3. The van der Waals surface area contributed by atoms with Crippen LogP contribution in [-0.2, 0) is 16.0 Å². The summed E-state index contributed by atoms with van der Waals surface area (Å²) in [5.41, 5.74) is 1.38. The van der Waals surface area contributed by atoms with Gasteiger partial charge in [-0.1, -0.05) is 42.5 Å². The number of rotatable bonds is 5. The highest BCUT2D eigenvalue weighted by Gasteiger charge is 2.40. The molecule has 0 radical (unpaired) electrons. The molecule has 1 amide bonds. The fourth-order valence-electron chi connectivity index (χ4n) is 3.39. The molecule has 0 bridgehead atoms. The first-order valence-corrected chi connectivity index (χ1v) is 8.63. The standard InChI is InChI=1S/C20H18F3NO4/c21-20(22,23)28-15-8-6-13(7-9-15)10-18(25)24-11-16(17(12-24)19(26)27)14-4-2-1-3-5-14/h1-9,16-17H,10-12H2,(H,26,27)/t16-,17-/m1/s1. The van der Waals surface area contributed by atoms with E-state index in [4.69, 9.17) is 0 Å². The quantitative estimate of drug-likeness (QED) is 0.845. The Morgan fingerprint density at radius 3 is 2.25 bits per heavy atom. The van der Waals surface area contributed by atoms with Crippen LogP contribution in [0.3, 0.4) is 0 Å². The Hall–Kier alpha value is -3.03. The van der Waals surface area contributed by atoms with Crippen LogP contribution in [0.25, 0.3) is 0 Å². The zero-order chi connectivity index (χ0) is 20.3. The molecule has 1 saturated heterocycles. The molecular weight excluding hydrogens is 375 g/mol. The molecule has 0 saturated carbocycles. The number of carboxylic acid groups (broad SMARTS) is 1. The highest BCUT2D eigenvalue weighted by Crippen LogP contribution is 2.33. The summed E-state index contributed by atoms with van der Waals surface area (Å²) in [6, 6.07) is 14.2. The van der Waals surface area contributed by atoms with Gasteiger partial charge in [-0.25, -0.2) is 0 Å². The lowest BCUT2D eigenvalue weighted by Crippen LogP contribution is -2.31. The lowest BCUT2D eigenvalue weighted by Gasteiger charge is -2.17. The molecular formula is C20H18F3NO4. The molecule has 1 aliphatic rings. The van der Waals surface area contributed by atoms with Crippen molar-refractivity contribution >= 4 is 11.9 Å². The first-order chi connectivity index (χ1) is 13.2. The van der Waals surface area contributed by atoms with E-state index in [-0.39, 0.29) is 37.1 Å². The molecule has 3 rings (SSSR count). The summed E-state index contributed by atoms with van der Waals surface area (Å²) >= 11 is 0. The van der Waals surface area contributed by atoms with Gasteiger partial charge in [-0.3, -0.25) is 9.59 Å². The number of carbonyl (C=O) groups excluding carboxylic acids is 1. The van der Waals surface area contributed by atoms with Crippen LogP contribution in [0.5, 0.6) is 5.75 Å². The zero-order valence-electron chi connectivity index (χ0n) is 14.7. The molecule has 1 aliphatic heterocycles. The van der Waals surface area contributed by atoms with Gasteiger partial charge in [0.05, 0.1) is 12.3 Å². The normalized spacial score (nSPS) is 19.5. The maximum Gasteiger partial charge on any atom is 0.573 e. The topological polar surface area (TPSA) is 66.8 Å². The van der Waals surface area contributed by atoms with Gasteiger partial charge in [-0.15, -0.1) is 13.2 Å². The van der Waals surface area contributed by atoms with Gasteiger partial charge in [0, 0.05) is 19.0 Å². The fraction of sp³-hybridized carbons (Fsp3) is 0.300. The molecule has 1 heterocycles. The van der Waals surface area contributed by atoms with Crippen molar-refractivity contribution in [3.05, 3.63) is 65.7 Å². The molecule has 2 atom stereocenters. The Morgan fingerprint density at radius 1 is 1.04 bits per heavy atom. The molecule has 0 aliphatic carbocycles. The number of hydrogen-bond acceptors (Lipinski definition) is 3. The van der Waals surface area contributed by atoms with E-state index < -0.39 is 18.2 Å². The number of aliphatic carboxylic acids is 1. The maximum absolute atomic E-state index is 12.6. The van der Waals surface area contributed by atoms with Crippen LogP contribution >= 0.6 is 0 Å².